The molecule has 2 aromatic heterocycles. The van der Waals surface area contributed by atoms with E-state index in [-0.39, 0.29) is 11.4 Å². The van der Waals surface area contributed by atoms with Crippen LogP contribution in [0.1, 0.15) is 129 Å². The maximum Gasteiger partial charge on any atom is 0.329 e. The largest absolute Gasteiger partial charge is 0.494 e. The van der Waals surface area contributed by atoms with Crippen LogP contribution in [0.3, 0.4) is 0 Å². The molecule has 1 aliphatic heterocycles. The van der Waals surface area contributed by atoms with Gasteiger partial charge in [-0.25, -0.2) is 15.0 Å². The number of pyridine rings is 1. The number of nitrogens with zero attached hydrogens (tertiary/aromatic N) is 3. The second kappa shape index (κ2) is 20.3. The summed E-state index contributed by atoms with van der Waals surface area (Å²) in [4.78, 5) is 13.2. The zero-order chi connectivity index (χ0) is 33.2. The quantitative estimate of drug-likeness (QED) is 0.0898. The van der Waals surface area contributed by atoms with E-state index in [0.717, 1.165) is 75.0 Å². The standard InChI is InChI=1S/C39H55F2N3O3/c1-3-5-7-8-9-10-11-12-13-14-15-16-19-36-39(40,41)37-35(47-36)25-24-34(44-37)38-42-29-32(30-43-38)31-20-22-33(23-21-31)46-28-18-17-27-45-26-6-4-2/h20-25,29-30,36H,3-19,26-28H2,1-2H3. The van der Waals surface area contributed by atoms with Gasteiger partial charge in [0, 0.05) is 31.2 Å². The molecule has 0 saturated carbocycles. The minimum atomic E-state index is -3.14. The topological polar surface area (TPSA) is 66.4 Å². The summed E-state index contributed by atoms with van der Waals surface area (Å²) in [6.45, 7) is 6.65. The molecule has 1 unspecified atom stereocenters. The molecule has 8 heteroatoms. The highest BCUT2D eigenvalue weighted by Gasteiger charge is 2.52. The van der Waals surface area contributed by atoms with Crippen LogP contribution in [-0.2, 0) is 10.7 Å². The minimum Gasteiger partial charge on any atom is -0.494 e. The summed E-state index contributed by atoms with van der Waals surface area (Å²) in [7, 11) is 0. The number of halogens is 2. The molecule has 1 atom stereocenters. The Kier molecular flexibility index (Phi) is 15.8. The van der Waals surface area contributed by atoms with Crippen LogP contribution in [0.5, 0.6) is 11.5 Å². The molecule has 6 nitrogen and oxygen atoms in total. The monoisotopic (exact) mass is 651 g/mol. The third-order valence-electron chi connectivity index (χ3n) is 8.83. The van der Waals surface area contributed by atoms with Gasteiger partial charge in [-0.05, 0) is 61.9 Å². The molecule has 0 spiro atoms. The fourth-order valence-electron chi connectivity index (χ4n) is 5.89. The Morgan fingerprint density at radius 3 is 1.91 bits per heavy atom. The highest BCUT2D eigenvalue weighted by molar-refractivity contribution is 5.64. The molecule has 0 fully saturated rings. The molecule has 0 N–H and O–H groups in total. The average Bonchev–Trinajstić information content (AvgIpc) is 3.35. The summed E-state index contributed by atoms with van der Waals surface area (Å²) in [6, 6.07) is 11.0. The first-order chi connectivity index (χ1) is 23.0. The van der Waals surface area contributed by atoms with E-state index in [1.807, 2.05) is 24.3 Å². The fourth-order valence-corrected chi connectivity index (χ4v) is 5.89. The molecule has 47 heavy (non-hydrogen) atoms. The summed E-state index contributed by atoms with van der Waals surface area (Å²) in [5.74, 6) is -1.88. The molecule has 0 amide bonds. The van der Waals surface area contributed by atoms with Crippen LogP contribution in [-0.4, -0.2) is 40.9 Å². The number of alkyl halides is 2. The number of hydrogen-bond donors (Lipinski definition) is 0. The van der Waals surface area contributed by atoms with E-state index < -0.39 is 12.0 Å². The van der Waals surface area contributed by atoms with Gasteiger partial charge in [0.2, 0.25) is 0 Å². The van der Waals surface area contributed by atoms with E-state index in [1.165, 1.54) is 57.8 Å². The zero-order valence-electron chi connectivity index (χ0n) is 28.7. The Balaban J connectivity index is 1.18. The Labute approximate surface area is 281 Å². The molecule has 0 radical (unpaired) electrons. The molecule has 3 heterocycles. The number of aromatic nitrogens is 3. The van der Waals surface area contributed by atoms with E-state index in [1.54, 1.807) is 24.5 Å². The first-order valence-electron chi connectivity index (χ1n) is 18.2. The van der Waals surface area contributed by atoms with Gasteiger partial charge in [0.05, 0.1) is 6.61 Å². The number of rotatable bonds is 24. The molecule has 1 aliphatic rings. The molecule has 4 rings (SSSR count). The van der Waals surface area contributed by atoms with Crippen molar-refractivity contribution < 1.29 is 23.0 Å². The minimum absolute atomic E-state index is 0.155. The second-order valence-corrected chi connectivity index (χ2v) is 12.8. The SMILES string of the molecule is CCCCCCCCCCCCCCC1Oc2ccc(-c3ncc(-c4ccc(OCCCCOCCCC)cc4)cn3)nc2C1(F)F. The Morgan fingerprint density at radius 2 is 1.26 bits per heavy atom. The number of hydrogen-bond acceptors (Lipinski definition) is 6. The first-order valence-corrected chi connectivity index (χ1v) is 18.2. The van der Waals surface area contributed by atoms with Crippen molar-refractivity contribution >= 4 is 0 Å². The van der Waals surface area contributed by atoms with E-state index in [9.17, 15) is 0 Å². The van der Waals surface area contributed by atoms with E-state index in [0.29, 0.717) is 24.5 Å². The van der Waals surface area contributed by atoms with Gasteiger partial charge in [-0.1, -0.05) is 103 Å². The Bertz CT molecular complexity index is 1290. The predicted molar refractivity (Wildman–Crippen MR) is 185 cm³/mol. The highest BCUT2D eigenvalue weighted by Crippen LogP contribution is 2.46. The van der Waals surface area contributed by atoms with Crippen LogP contribution < -0.4 is 9.47 Å². The smallest absolute Gasteiger partial charge is 0.329 e. The number of ether oxygens (including phenoxy) is 3. The van der Waals surface area contributed by atoms with Crippen molar-refractivity contribution in [3.63, 3.8) is 0 Å². The number of unbranched alkanes of at least 4 members (excludes halogenated alkanes) is 13. The lowest BCUT2D eigenvalue weighted by Crippen LogP contribution is -2.30. The number of fused-ring (bicyclic) bond motifs is 1. The molecule has 1 aromatic carbocycles. The summed E-state index contributed by atoms with van der Waals surface area (Å²) < 4.78 is 47.9. The van der Waals surface area contributed by atoms with Gasteiger partial charge < -0.3 is 14.2 Å². The van der Waals surface area contributed by atoms with Crippen LogP contribution in [0.15, 0.2) is 48.8 Å². The first kappa shape index (κ1) is 36.7. The lowest BCUT2D eigenvalue weighted by atomic mass is 10.0. The van der Waals surface area contributed by atoms with E-state index in [2.05, 4.69) is 28.8 Å². The van der Waals surface area contributed by atoms with Crippen molar-refractivity contribution in [1.82, 2.24) is 15.0 Å². The van der Waals surface area contributed by atoms with Gasteiger partial charge in [0.1, 0.15) is 17.2 Å². The summed E-state index contributed by atoms with van der Waals surface area (Å²) >= 11 is 0. The van der Waals surface area contributed by atoms with Crippen molar-refractivity contribution in [1.29, 1.82) is 0 Å². The maximum atomic E-state index is 15.4. The van der Waals surface area contributed by atoms with Crippen molar-refractivity contribution in [3.05, 3.63) is 54.5 Å². The third-order valence-corrected chi connectivity index (χ3v) is 8.83. The van der Waals surface area contributed by atoms with Crippen LogP contribution in [0.2, 0.25) is 0 Å². The van der Waals surface area contributed by atoms with E-state index >= 15 is 8.78 Å². The van der Waals surface area contributed by atoms with Crippen LogP contribution in [0.25, 0.3) is 22.6 Å². The second-order valence-electron chi connectivity index (χ2n) is 12.8. The maximum absolute atomic E-state index is 15.4. The Morgan fingerprint density at radius 1 is 0.660 bits per heavy atom. The van der Waals surface area contributed by atoms with Crippen LogP contribution in [0.4, 0.5) is 8.78 Å². The van der Waals surface area contributed by atoms with Crippen LogP contribution in [0, 0.1) is 0 Å². The van der Waals surface area contributed by atoms with Crippen molar-refractivity contribution in [3.8, 4) is 34.1 Å². The van der Waals surface area contributed by atoms with Crippen molar-refractivity contribution in [2.45, 2.75) is 135 Å². The van der Waals surface area contributed by atoms with Crippen molar-refractivity contribution in [2.75, 3.05) is 19.8 Å². The van der Waals surface area contributed by atoms with Crippen molar-refractivity contribution in [2.24, 2.45) is 0 Å². The summed E-state index contributed by atoms with van der Waals surface area (Å²) in [5.41, 5.74) is 1.76. The average molecular weight is 652 g/mol. The molecule has 258 valence electrons. The van der Waals surface area contributed by atoms with Gasteiger partial charge in [-0.3, -0.25) is 0 Å². The van der Waals surface area contributed by atoms with Gasteiger partial charge in [0.15, 0.2) is 17.6 Å². The lowest BCUT2D eigenvalue weighted by molar-refractivity contribution is -0.0818. The summed E-state index contributed by atoms with van der Waals surface area (Å²) in [5, 5.41) is 0. The highest BCUT2D eigenvalue weighted by atomic mass is 19.3. The van der Waals surface area contributed by atoms with Gasteiger partial charge in [-0.15, -0.1) is 0 Å². The van der Waals surface area contributed by atoms with Gasteiger partial charge in [0.25, 0.3) is 0 Å². The fraction of sp³-hybridized carbons (Fsp3) is 0.615. The van der Waals surface area contributed by atoms with Gasteiger partial charge >= 0.3 is 5.92 Å². The lowest BCUT2D eigenvalue weighted by Gasteiger charge is -2.17. The molecule has 0 saturated heterocycles. The van der Waals surface area contributed by atoms with Gasteiger partial charge in [-0.2, -0.15) is 8.78 Å². The molecule has 0 bridgehead atoms. The third kappa shape index (κ3) is 11.8. The molecular weight excluding hydrogens is 596 g/mol. The molecular formula is C39H55F2N3O3. The molecule has 0 aliphatic carbocycles. The zero-order valence-corrected chi connectivity index (χ0v) is 28.7. The van der Waals surface area contributed by atoms with E-state index in [4.69, 9.17) is 14.2 Å². The predicted octanol–water partition coefficient (Wildman–Crippen LogP) is 11.1. The number of benzene rings is 1. The molecule has 3 aromatic rings. The normalized spacial score (nSPS) is 15.0. The van der Waals surface area contributed by atoms with Crippen LogP contribution >= 0.6 is 0 Å². The summed E-state index contributed by atoms with van der Waals surface area (Å²) in [6.07, 6.45) is 21.2. The Hall–Kier alpha value is -3.13.